The molecule has 6 heteroatoms. The number of carbonyl (C=O) groups excluding carboxylic acids is 1. The van der Waals surface area contributed by atoms with Crippen LogP contribution in [0.3, 0.4) is 0 Å². The van der Waals surface area contributed by atoms with Crippen LogP contribution in [0.25, 0.3) is 0 Å². The van der Waals surface area contributed by atoms with Gasteiger partial charge in [-0.2, -0.15) is 8.42 Å². The number of hydrogen-bond donors (Lipinski definition) is 0. The second kappa shape index (κ2) is 8.89. The van der Waals surface area contributed by atoms with Crippen molar-refractivity contribution in [2.24, 2.45) is 5.41 Å². The van der Waals surface area contributed by atoms with Crippen LogP contribution in [0.2, 0.25) is 0 Å². The van der Waals surface area contributed by atoms with Crippen LogP contribution in [-0.4, -0.2) is 30.5 Å². The van der Waals surface area contributed by atoms with Gasteiger partial charge in [0.05, 0.1) is 5.25 Å². The van der Waals surface area contributed by atoms with E-state index >= 15 is 0 Å². The van der Waals surface area contributed by atoms with Gasteiger partial charge in [-0.3, -0.25) is 4.79 Å². The van der Waals surface area contributed by atoms with Gasteiger partial charge in [0.2, 0.25) is 5.91 Å². The van der Waals surface area contributed by atoms with Gasteiger partial charge in [-0.25, -0.2) is 0 Å². The van der Waals surface area contributed by atoms with Gasteiger partial charge in [0.15, 0.2) is 0 Å². The molecule has 0 radical (unpaired) electrons. The van der Waals surface area contributed by atoms with Crippen molar-refractivity contribution in [1.29, 1.82) is 0 Å². The Balaban J connectivity index is 3.02. The Hall–Kier alpha value is -1.56. The zero-order valence-corrected chi connectivity index (χ0v) is 17.9. The van der Waals surface area contributed by atoms with Gasteiger partial charge in [0.25, 0.3) is 0 Å². The average molecular weight is 384 g/mol. The van der Waals surface area contributed by atoms with E-state index in [0.717, 1.165) is 12.0 Å². The molecule has 0 spiro atoms. The van der Waals surface area contributed by atoms with Gasteiger partial charge >= 0.3 is 10.1 Å². The van der Waals surface area contributed by atoms with Crippen LogP contribution in [-0.2, 0) is 21.5 Å². The van der Waals surface area contributed by atoms with E-state index in [4.69, 9.17) is 4.18 Å². The highest BCUT2D eigenvalue weighted by Gasteiger charge is 2.25. The molecule has 0 aliphatic rings. The second-order valence-corrected chi connectivity index (χ2v) is 10.4. The topological polar surface area (TPSA) is 63.7 Å². The van der Waals surface area contributed by atoms with Crippen LogP contribution in [0.1, 0.15) is 66.9 Å². The van der Waals surface area contributed by atoms with Crippen LogP contribution >= 0.6 is 0 Å². The molecule has 1 rings (SSSR count). The number of amides is 1. The molecule has 0 N–H and O–H groups in total. The predicted molar refractivity (Wildman–Crippen MR) is 106 cm³/mol. The zero-order chi connectivity index (χ0) is 20.1. The summed E-state index contributed by atoms with van der Waals surface area (Å²) in [5.74, 6) is 0.386. The SMILES string of the molecule is CCC(C)N(Cc1cccc(OS(=O)(=O)C(C)C)c1)C(=O)CC(C)(C)C. The van der Waals surface area contributed by atoms with E-state index in [1.807, 2.05) is 38.7 Å². The van der Waals surface area contributed by atoms with Crippen molar-refractivity contribution in [2.45, 2.75) is 79.1 Å². The Morgan fingerprint density at radius 2 is 1.81 bits per heavy atom. The largest absolute Gasteiger partial charge is 0.382 e. The minimum absolute atomic E-state index is 0.0842. The summed E-state index contributed by atoms with van der Waals surface area (Å²) in [7, 11) is -3.64. The van der Waals surface area contributed by atoms with Gasteiger partial charge in [-0.15, -0.1) is 0 Å². The zero-order valence-electron chi connectivity index (χ0n) is 17.1. The summed E-state index contributed by atoms with van der Waals surface area (Å²) in [4.78, 5) is 14.6. The van der Waals surface area contributed by atoms with E-state index in [1.54, 1.807) is 32.0 Å². The van der Waals surface area contributed by atoms with Crippen LogP contribution in [0, 0.1) is 5.41 Å². The molecule has 5 nitrogen and oxygen atoms in total. The van der Waals surface area contributed by atoms with E-state index in [-0.39, 0.29) is 23.1 Å². The second-order valence-electron chi connectivity index (χ2n) is 8.29. The summed E-state index contributed by atoms with van der Waals surface area (Å²) < 4.78 is 29.1. The molecule has 0 fully saturated rings. The van der Waals surface area contributed by atoms with Crippen LogP contribution in [0.4, 0.5) is 0 Å². The minimum Gasteiger partial charge on any atom is -0.382 e. The fraction of sp³-hybridized carbons (Fsp3) is 0.650. The van der Waals surface area contributed by atoms with Crippen molar-refractivity contribution in [3.8, 4) is 5.75 Å². The highest BCUT2D eigenvalue weighted by atomic mass is 32.2. The predicted octanol–water partition coefficient (Wildman–Crippen LogP) is 4.37. The molecule has 1 amide bonds. The number of nitrogens with zero attached hydrogens (tertiary/aromatic N) is 1. The molecule has 148 valence electrons. The quantitative estimate of drug-likeness (QED) is 0.626. The van der Waals surface area contributed by atoms with Crippen LogP contribution in [0.15, 0.2) is 24.3 Å². The Bertz CT molecular complexity index is 705. The Morgan fingerprint density at radius 1 is 1.19 bits per heavy atom. The Morgan fingerprint density at radius 3 is 2.31 bits per heavy atom. The summed E-state index contributed by atoms with van der Waals surface area (Å²) in [6, 6.07) is 7.06. The third-order valence-corrected chi connectivity index (χ3v) is 5.75. The summed E-state index contributed by atoms with van der Waals surface area (Å²) >= 11 is 0. The van der Waals surface area contributed by atoms with Crippen LogP contribution < -0.4 is 4.18 Å². The van der Waals surface area contributed by atoms with E-state index in [1.165, 1.54) is 0 Å². The lowest BCUT2D eigenvalue weighted by atomic mass is 9.91. The third kappa shape index (κ3) is 6.98. The van der Waals surface area contributed by atoms with Crippen molar-refractivity contribution in [3.05, 3.63) is 29.8 Å². The normalized spacial score (nSPS) is 13.5. The van der Waals surface area contributed by atoms with E-state index in [2.05, 4.69) is 6.92 Å². The first-order chi connectivity index (χ1) is 11.9. The molecular formula is C20H33NO4S. The molecule has 0 saturated carbocycles. The lowest BCUT2D eigenvalue weighted by Crippen LogP contribution is -2.39. The van der Waals surface area contributed by atoms with E-state index < -0.39 is 15.4 Å². The van der Waals surface area contributed by atoms with E-state index in [9.17, 15) is 13.2 Å². The first-order valence-electron chi connectivity index (χ1n) is 9.17. The highest BCUT2D eigenvalue weighted by Crippen LogP contribution is 2.24. The van der Waals surface area contributed by atoms with Crippen molar-refractivity contribution in [1.82, 2.24) is 4.90 Å². The molecule has 0 heterocycles. The van der Waals surface area contributed by atoms with Crippen molar-refractivity contribution < 1.29 is 17.4 Å². The first kappa shape index (κ1) is 22.5. The highest BCUT2D eigenvalue weighted by molar-refractivity contribution is 7.87. The monoisotopic (exact) mass is 383 g/mol. The lowest BCUT2D eigenvalue weighted by Gasteiger charge is -2.31. The maximum Gasteiger partial charge on any atom is 0.311 e. The van der Waals surface area contributed by atoms with Gasteiger partial charge in [-0.1, -0.05) is 39.8 Å². The maximum absolute atomic E-state index is 12.8. The lowest BCUT2D eigenvalue weighted by molar-refractivity contribution is -0.135. The molecule has 26 heavy (non-hydrogen) atoms. The Kier molecular flexibility index (Phi) is 7.69. The summed E-state index contributed by atoms with van der Waals surface area (Å²) in [6.45, 7) is 13.8. The minimum atomic E-state index is -3.64. The van der Waals surface area contributed by atoms with Gasteiger partial charge in [-0.05, 0) is 50.3 Å². The first-order valence-corrected chi connectivity index (χ1v) is 10.6. The molecule has 0 aliphatic carbocycles. The fourth-order valence-electron chi connectivity index (χ4n) is 2.39. The molecule has 1 unspecified atom stereocenters. The van der Waals surface area contributed by atoms with Crippen molar-refractivity contribution in [3.63, 3.8) is 0 Å². The third-order valence-electron chi connectivity index (χ3n) is 4.17. The number of rotatable bonds is 8. The van der Waals surface area contributed by atoms with Crippen molar-refractivity contribution >= 4 is 16.0 Å². The average Bonchev–Trinajstić information content (AvgIpc) is 2.50. The smallest absolute Gasteiger partial charge is 0.311 e. The maximum atomic E-state index is 12.8. The summed E-state index contributed by atoms with van der Waals surface area (Å²) in [6.07, 6.45) is 1.32. The van der Waals surface area contributed by atoms with Gasteiger partial charge in [0.1, 0.15) is 5.75 Å². The summed E-state index contributed by atoms with van der Waals surface area (Å²) in [5.41, 5.74) is 0.767. The van der Waals surface area contributed by atoms with Gasteiger partial charge in [0, 0.05) is 19.0 Å². The molecule has 1 atom stereocenters. The number of benzene rings is 1. The molecule has 0 aliphatic heterocycles. The molecule has 0 bridgehead atoms. The summed E-state index contributed by atoms with van der Waals surface area (Å²) in [5, 5.41) is -0.615. The van der Waals surface area contributed by atoms with Gasteiger partial charge < -0.3 is 9.08 Å². The molecular weight excluding hydrogens is 350 g/mol. The van der Waals surface area contributed by atoms with Crippen molar-refractivity contribution in [2.75, 3.05) is 0 Å². The molecule has 0 saturated heterocycles. The molecule has 0 aromatic heterocycles. The van der Waals surface area contributed by atoms with Crippen LogP contribution in [0.5, 0.6) is 5.75 Å². The fourth-order valence-corrected chi connectivity index (χ4v) is 2.95. The van der Waals surface area contributed by atoms with E-state index in [0.29, 0.717) is 13.0 Å². The number of carbonyl (C=O) groups is 1. The number of hydrogen-bond acceptors (Lipinski definition) is 4. The molecule has 1 aromatic carbocycles. The Labute approximate surface area is 158 Å². The standard InChI is InChI=1S/C20H33NO4S/c1-8-16(4)21(19(22)13-20(5,6)7)14-17-10-9-11-18(12-17)25-26(23,24)15(2)3/h9-12,15-16H,8,13-14H2,1-7H3. The molecule has 1 aromatic rings.